The Labute approximate surface area is 115 Å². The lowest BCUT2D eigenvalue weighted by molar-refractivity contribution is -0.138. The van der Waals surface area contributed by atoms with Gasteiger partial charge < -0.3 is 10.4 Å². The molecule has 104 valence electrons. The van der Waals surface area contributed by atoms with E-state index in [-0.39, 0.29) is 12.5 Å². The van der Waals surface area contributed by atoms with E-state index in [1.807, 2.05) is 10.3 Å². The highest BCUT2D eigenvalue weighted by Gasteiger charge is 2.25. The lowest BCUT2D eigenvalue weighted by atomic mass is 10.3. The fourth-order valence-corrected chi connectivity index (χ4v) is 2.61. The second kappa shape index (κ2) is 6.12. The van der Waals surface area contributed by atoms with Gasteiger partial charge >= 0.3 is 5.97 Å². The zero-order chi connectivity index (χ0) is 13.8. The minimum absolute atomic E-state index is 0.0312. The highest BCUT2D eigenvalue weighted by Crippen LogP contribution is 2.30. The van der Waals surface area contributed by atoms with E-state index < -0.39 is 5.97 Å². The number of nitrogens with one attached hydrogen (secondary N) is 1. The molecular formula is C12H17N3O3S. The average molecular weight is 283 g/mol. The lowest BCUT2D eigenvalue weighted by Crippen LogP contribution is -2.31. The number of nitrogens with zero attached hydrogens (tertiary/aromatic N) is 2. The third kappa shape index (κ3) is 4.96. The molecule has 1 aliphatic rings. The van der Waals surface area contributed by atoms with Crippen LogP contribution in [0.4, 0.5) is 5.13 Å². The number of amides is 1. The summed E-state index contributed by atoms with van der Waals surface area (Å²) in [5.41, 5.74) is 0.802. The van der Waals surface area contributed by atoms with E-state index in [1.54, 1.807) is 0 Å². The number of carboxylic acid groups (broad SMARTS) is 1. The molecule has 0 spiro atoms. The van der Waals surface area contributed by atoms with Crippen LogP contribution >= 0.6 is 11.3 Å². The molecule has 0 bridgehead atoms. The lowest BCUT2D eigenvalue weighted by Gasteiger charge is -2.18. The number of carbonyl (C=O) groups excluding carboxylic acids is 1. The number of thiazole rings is 1. The Morgan fingerprint density at radius 3 is 2.89 bits per heavy atom. The summed E-state index contributed by atoms with van der Waals surface area (Å²) in [7, 11) is 0. The van der Waals surface area contributed by atoms with E-state index in [9.17, 15) is 9.59 Å². The Balaban J connectivity index is 1.92. The van der Waals surface area contributed by atoms with Crippen molar-refractivity contribution in [1.29, 1.82) is 0 Å². The predicted molar refractivity (Wildman–Crippen MR) is 72.1 cm³/mol. The van der Waals surface area contributed by atoms with Crippen LogP contribution in [0.25, 0.3) is 0 Å². The Hall–Kier alpha value is -1.47. The number of anilines is 1. The summed E-state index contributed by atoms with van der Waals surface area (Å²) in [6.07, 6.45) is 2.37. The van der Waals surface area contributed by atoms with Gasteiger partial charge in [-0.25, -0.2) is 4.98 Å². The summed E-state index contributed by atoms with van der Waals surface area (Å²) in [5, 5.41) is 13.9. The Bertz CT molecular complexity index is 471. The molecule has 0 aliphatic heterocycles. The summed E-state index contributed by atoms with van der Waals surface area (Å²) < 4.78 is 0. The standard InChI is InChI=1S/C12H17N3O3S/c1-8(16)13-12-14-10(7-19-12)5-15(6-11(17)18)4-9-2-3-9/h7,9H,2-6H2,1H3,(H,17,18)(H,13,14,16). The summed E-state index contributed by atoms with van der Waals surface area (Å²) in [4.78, 5) is 27.9. The zero-order valence-electron chi connectivity index (χ0n) is 10.8. The van der Waals surface area contributed by atoms with E-state index >= 15 is 0 Å². The van der Waals surface area contributed by atoms with Gasteiger partial charge in [-0.15, -0.1) is 11.3 Å². The van der Waals surface area contributed by atoms with Gasteiger partial charge in [-0.05, 0) is 18.8 Å². The highest BCUT2D eigenvalue weighted by atomic mass is 32.1. The first kappa shape index (κ1) is 14.0. The van der Waals surface area contributed by atoms with Crippen LogP contribution in [0, 0.1) is 5.92 Å². The number of aromatic nitrogens is 1. The zero-order valence-corrected chi connectivity index (χ0v) is 11.6. The van der Waals surface area contributed by atoms with Gasteiger partial charge in [-0.2, -0.15) is 0 Å². The van der Waals surface area contributed by atoms with Gasteiger partial charge in [0.15, 0.2) is 5.13 Å². The van der Waals surface area contributed by atoms with E-state index in [4.69, 9.17) is 5.11 Å². The van der Waals surface area contributed by atoms with Gasteiger partial charge in [-0.1, -0.05) is 0 Å². The number of carbonyl (C=O) groups is 2. The van der Waals surface area contributed by atoms with Crippen LogP contribution in [-0.4, -0.2) is 40.0 Å². The molecule has 7 heteroatoms. The van der Waals surface area contributed by atoms with Crippen LogP contribution < -0.4 is 5.32 Å². The summed E-state index contributed by atoms with van der Waals surface area (Å²) in [5.74, 6) is -0.341. The van der Waals surface area contributed by atoms with Crippen LogP contribution in [0.15, 0.2) is 5.38 Å². The molecular weight excluding hydrogens is 266 g/mol. The average Bonchev–Trinajstić information content (AvgIpc) is 2.98. The second-order valence-corrected chi connectivity index (χ2v) is 5.69. The van der Waals surface area contributed by atoms with Gasteiger partial charge in [0.05, 0.1) is 12.2 Å². The summed E-state index contributed by atoms with van der Waals surface area (Å²) >= 11 is 1.36. The van der Waals surface area contributed by atoms with Crippen LogP contribution in [0.3, 0.4) is 0 Å². The minimum atomic E-state index is -0.821. The maximum absolute atomic E-state index is 10.9. The van der Waals surface area contributed by atoms with Crippen molar-refractivity contribution in [3.63, 3.8) is 0 Å². The van der Waals surface area contributed by atoms with Gasteiger partial charge in [0.25, 0.3) is 0 Å². The Morgan fingerprint density at radius 1 is 1.58 bits per heavy atom. The molecule has 1 amide bonds. The number of carboxylic acids is 1. The van der Waals surface area contributed by atoms with Crippen molar-refractivity contribution in [2.24, 2.45) is 5.92 Å². The molecule has 19 heavy (non-hydrogen) atoms. The molecule has 1 aromatic rings. The quantitative estimate of drug-likeness (QED) is 0.790. The van der Waals surface area contributed by atoms with Gasteiger partial charge in [0, 0.05) is 25.4 Å². The van der Waals surface area contributed by atoms with E-state index in [2.05, 4.69) is 10.3 Å². The molecule has 1 heterocycles. The topological polar surface area (TPSA) is 82.5 Å². The molecule has 6 nitrogen and oxygen atoms in total. The van der Waals surface area contributed by atoms with Crippen LogP contribution in [0.5, 0.6) is 0 Å². The first-order valence-corrected chi connectivity index (χ1v) is 7.07. The molecule has 2 rings (SSSR count). The first-order chi connectivity index (χ1) is 9.02. The van der Waals surface area contributed by atoms with Gasteiger partial charge in [0.2, 0.25) is 5.91 Å². The molecule has 0 aromatic carbocycles. The number of hydrogen-bond acceptors (Lipinski definition) is 5. The normalized spacial score (nSPS) is 14.6. The van der Waals surface area contributed by atoms with Crippen LogP contribution in [0.2, 0.25) is 0 Å². The number of hydrogen-bond donors (Lipinski definition) is 2. The summed E-state index contributed by atoms with van der Waals surface area (Å²) in [6, 6.07) is 0. The fraction of sp³-hybridized carbons (Fsp3) is 0.583. The number of aliphatic carboxylic acids is 1. The van der Waals surface area contributed by atoms with E-state index in [0.717, 1.165) is 12.2 Å². The van der Waals surface area contributed by atoms with Crippen molar-refractivity contribution in [1.82, 2.24) is 9.88 Å². The molecule has 1 aliphatic carbocycles. The first-order valence-electron chi connectivity index (χ1n) is 6.19. The predicted octanol–water partition coefficient (Wildman–Crippen LogP) is 1.40. The maximum Gasteiger partial charge on any atom is 0.317 e. The van der Waals surface area contributed by atoms with Crippen molar-refractivity contribution in [2.45, 2.75) is 26.3 Å². The third-order valence-electron chi connectivity index (χ3n) is 2.79. The van der Waals surface area contributed by atoms with Gasteiger partial charge in [-0.3, -0.25) is 14.5 Å². The largest absolute Gasteiger partial charge is 0.480 e. The molecule has 1 fully saturated rings. The van der Waals surface area contributed by atoms with Crippen molar-refractivity contribution in [2.75, 3.05) is 18.4 Å². The van der Waals surface area contributed by atoms with Crippen molar-refractivity contribution in [3.8, 4) is 0 Å². The third-order valence-corrected chi connectivity index (χ3v) is 3.60. The van der Waals surface area contributed by atoms with Crippen LogP contribution in [0.1, 0.15) is 25.5 Å². The Kier molecular flexibility index (Phi) is 4.49. The maximum atomic E-state index is 10.9. The molecule has 1 aromatic heterocycles. The summed E-state index contributed by atoms with van der Waals surface area (Å²) in [6.45, 7) is 2.78. The van der Waals surface area contributed by atoms with Gasteiger partial charge in [0.1, 0.15) is 0 Å². The van der Waals surface area contributed by atoms with Crippen molar-refractivity contribution in [3.05, 3.63) is 11.1 Å². The van der Waals surface area contributed by atoms with Crippen LogP contribution in [-0.2, 0) is 16.1 Å². The minimum Gasteiger partial charge on any atom is -0.480 e. The highest BCUT2D eigenvalue weighted by molar-refractivity contribution is 7.13. The Morgan fingerprint density at radius 2 is 2.32 bits per heavy atom. The molecule has 1 saturated carbocycles. The molecule has 2 N–H and O–H groups in total. The SMILES string of the molecule is CC(=O)Nc1nc(CN(CC(=O)O)CC2CC2)cs1. The molecule has 0 atom stereocenters. The van der Waals surface area contributed by atoms with Crippen molar-refractivity contribution < 1.29 is 14.7 Å². The molecule has 0 saturated heterocycles. The smallest absolute Gasteiger partial charge is 0.317 e. The fourth-order valence-electron chi connectivity index (χ4n) is 1.86. The molecule has 0 unspecified atom stereocenters. The van der Waals surface area contributed by atoms with Crippen molar-refractivity contribution >= 4 is 28.3 Å². The second-order valence-electron chi connectivity index (χ2n) is 4.83. The monoisotopic (exact) mass is 283 g/mol. The molecule has 0 radical (unpaired) electrons. The van der Waals surface area contributed by atoms with E-state index in [0.29, 0.717) is 17.6 Å². The number of rotatable bonds is 7. The van der Waals surface area contributed by atoms with E-state index in [1.165, 1.54) is 31.1 Å².